The van der Waals surface area contributed by atoms with Gasteiger partial charge in [0.05, 0.1) is 17.3 Å². The molecule has 8 N–H and O–H groups in total. The number of allylic oxidation sites excluding steroid dienone is 2. The summed E-state index contributed by atoms with van der Waals surface area (Å²) in [4.78, 5) is 32.8. The molecule has 11 aliphatic rings. The van der Waals surface area contributed by atoms with Gasteiger partial charge in [-0.05, 0) is 253 Å². The van der Waals surface area contributed by atoms with E-state index in [9.17, 15) is 20.4 Å². The number of carbonyl (C=O) groups is 2. The number of ketones is 2. The first kappa shape index (κ1) is 54.1. The fourth-order valence-electron chi connectivity index (χ4n) is 23.3. The number of nitrogens with two attached hydrogens (primary N) is 1. The van der Waals surface area contributed by atoms with Crippen molar-refractivity contribution in [3.8, 4) is 5.75 Å². The van der Waals surface area contributed by atoms with Gasteiger partial charge in [-0.25, -0.2) is 0 Å². The van der Waals surface area contributed by atoms with Crippen LogP contribution in [0.2, 0.25) is 0 Å². The van der Waals surface area contributed by atoms with Crippen molar-refractivity contribution in [1.82, 2.24) is 10.6 Å². The second-order valence-electron chi connectivity index (χ2n) is 29.7. The lowest BCUT2D eigenvalue weighted by Gasteiger charge is -2.77. The summed E-state index contributed by atoms with van der Waals surface area (Å²) in [5.74, 6) is 2.89. The summed E-state index contributed by atoms with van der Waals surface area (Å²) in [6.07, 6.45) is 21.3. The average molecular weight is 1070 g/mol. The molecule has 9 fully saturated rings. The third-order valence-corrected chi connectivity index (χ3v) is 26.2. The number of hydrogen-bond donors (Lipinski definition) is 7. The number of Topliss-reactive ketones (excluding diaryl/α,β-unsaturated/α-hetero) is 2. The van der Waals surface area contributed by atoms with Crippen molar-refractivity contribution in [2.75, 3.05) is 25.9 Å². The molecule has 0 aromatic heterocycles. The standard InChI is InChI=1S/C68H97N3O7/c1-63(77)26-8-9-27-64(2)60-55(71-38-63)35-68-45-21-20-41-19-18-39(37-72)30-49(41)50(33-56(74)62-66(4,78-62)52-17-11-16-48(52)42-12-10-15-46(69)31-42)58-53(65(68,3)54(23-22-45)59(58)75)24-25-57(68)67(60,44-13-6-7-14-44)34-51(61(64)76)43-28-40(36-70-5)29-47(73)32-43/h10,12,15,28-29,31-32,39,41,44-45,48-52,54-57,60,62,70-74,77H,6-9,11,13-14,16-27,30,33-38,69H2,1-5H3. The summed E-state index contributed by atoms with van der Waals surface area (Å²) >= 11 is 0. The van der Waals surface area contributed by atoms with E-state index in [1.54, 1.807) is 0 Å². The van der Waals surface area contributed by atoms with Crippen molar-refractivity contribution < 1.29 is 34.8 Å². The Morgan fingerprint density at radius 3 is 2.41 bits per heavy atom. The van der Waals surface area contributed by atoms with Crippen molar-refractivity contribution in [3.63, 3.8) is 0 Å². The van der Waals surface area contributed by atoms with E-state index in [0.29, 0.717) is 67.1 Å². The maximum atomic E-state index is 16.6. The van der Waals surface area contributed by atoms with Gasteiger partial charge in [0.1, 0.15) is 17.6 Å². The molecular weight excluding hydrogens is 971 g/mol. The van der Waals surface area contributed by atoms with Gasteiger partial charge in [-0.1, -0.05) is 69.7 Å². The maximum absolute atomic E-state index is 16.6. The van der Waals surface area contributed by atoms with Crippen molar-refractivity contribution >= 4 is 17.3 Å². The van der Waals surface area contributed by atoms with E-state index in [1.807, 2.05) is 32.2 Å². The third kappa shape index (κ3) is 8.08. The summed E-state index contributed by atoms with van der Waals surface area (Å²) in [6.45, 7) is 10.5. The van der Waals surface area contributed by atoms with Gasteiger partial charge in [0.15, 0.2) is 5.78 Å². The normalized spacial score (nSPS) is 46.6. The molecule has 0 radical (unpaired) electrons. The van der Waals surface area contributed by atoms with E-state index in [1.165, 1.54) is 24.0 Å². The SMILES string of the molecule is CNCc1cc(O)cc(C2CC3(C4CCCC4)C4C(CC56C7CCC8CCC(CO)CC8C(CC(O)C8OC8(C)C8CCCC8c8cccc(N)c8)C8=C(CCC35)C6(C)C(CC7)C8=O)NCC(C)(O)CCCCC4(C)C2=O)c1. The lowest BCUT2D eigenvalue weighted by atomic mass is 9.27. The van der Waals surface area contributed by atoms with Crippen LogP contribution in [0.1, 0.15) is 204 Å². The first-order valence-electron chi connectivity index (χ1n) is 32.0. The number of β-amino-alcohol motifs (C(OH)–C–C–N with tert-alkyl or cyclic N) is 1. The average Bonchev–Trinajstić information content (AvgIpc) is 2.04. The largest absolute Gasteiger partial charge is 0.508 e. The van der Waals surface area contributed by atoms with Gasteiger partial charge in [0.25, 0.3) is 0 Å². The smallest absolute Gasteiger partial charge is 0.163 e. The molecule has 13 rings (SSSR count). The van der Waals surface area contributed by atoms with Crippen LogP contribution in [0.4, 0.5) is 5.69 Å². The van der Waals surface area contributed by atoms with Crippen LogP contribution in [0.3, 0.4) is 0 Å². The Bertz CT molecular complexity index is 2680. The molecule has 20 unspecified atom stereocenters. The predicted molar refractivity (Wildman–Crippen MR) is 305 cm³/mol. The first-order valence-corrected chi connectivity index (χ1v) is 32.0. The number of aromatic hydroxyl groups is 1. The highest BCUT2D eigenvalue weighted by Crippen LogP contribution is 2.83. The van der Waals surface area contributed by atoms with Crippen LogP contribution in [0.25, 0.3) is 0 Å². The molecule has 2 heterocycles. The highest BCUT2D eigenvalue weighted by Gasteiger charge is 2.79. The van der Waals surface area contributed by atoms with Gasteiger partial charge in [-0.2, -0.15) is 0 Å². The van der Waals surface area contributed by atoms with Crippen molar-refractivity contribution in [3.05, 3.63) is 70.3 Å². The maximum Gasteiger partial charge on any atom is 0.163 e. The number of hydrogen-bond acceptors (Lipinski definition) is 10. The van der Waals surface area contributed by atoms with Crippen molar-refractivity contribution in [2.45, 2.75) is 223 Å². The lowest BCUT2D eigenvalue weighted by molar-refractivity contribution is -0.259. The highest BCUT2D eigenvalue weighted by molar-refractivity contribution is 6.03. The summed E-state index contributed by atoms with van der Waals surface area (Å²) in [5.41, 5.74) is 10.0. The molecule has 2 aromatic carbocycles. The molecule has 78 heavy (non-hydrogen) atoms. The number of fused-ring (bicyclic) bond motifs is 2. The minimum absolute atomic E-state index is 0.0216. The highest BCUT2D eigenvalue weighted by atomic mass is 16.6. The molecule has 2 saturated heterocycles. The molecule has 9 aliphatic carbocycles. The van der Waals surface area contributed by atoms with Gasteiger partial charge in [-0.15, -0.1) is 0 Å². The molecule has 0 amide bonds. The van der Waals surface area contributed by atoms with E-state index in [-0.39, 0.29) is 76.8 Å². The quantitative estimate of drug-likeness (QED) is 0.0895. The monoisotopic (exact) mass is 1070 g/mol. The topological polar surface area (TPSA) is 178 Å². The molecular formula is C68H97N3O7. The molecule has 2 aromatic rings. The van der Waals surface area contributed by atoms with E-state index in [2.05, 4.69) is 55.7 Å². The predicted octanol–water partition coefficient (Wildman–Crippen LogP) is 11.5. The fourth-order valence-corrected chi connectivity index (χ4v) is 23.3. The van der Waals surface area contributed by atoms with Crippen LogP contribution >= 0.6 is 0 Å². The van der Waals surface area contributed by atoms with E-state index in [0.717, 1.165) is 144 Å². The zero-order valence-corrected chi connectivity index (χ0v) is 48.2. The number of phenols is 1. The molecule has 1 spiro atoms. The molecule has 5 bridgehead atoms. The molecule has 2 aliphatic heterocycles. The van der Waals surface area contributed by atoms with Crippen LogP contribution in [0, 0.1) is 80.8 Å². The summed E-state index contributed by atoms with van der Waals surface area (Å²) in [6, 6.07) is 14.4. The molecule has 7 saturated carbocycles. The number of rotatable bonds is 10. The Labute approximate surface area is 466 Å². The minimum Gasteiger partial charge on any atom is -0.508 e. The Morgan fingerprint density at radius 2 is 1.63 bits per heavy atom. The van der Waals surface area contributed by atoms with Crippen molar-refractivity contribution in [2.24, 2.45) is 80.8 Å². The van der Waals surface area contributed by atoms with Gasteiger partial charge >= 0.3 is 0 Å². The van der Waals surface area contributed by atoms with Gasteiger partial charge in [0, 0.05) is 54.1 Å². The minimum atomic E-state index is -0.885. The summed E-state index contributed by atoms with van der Waals surface area (Å²) in [7, 11) is 1.94. The molecule has 10 heteroatoms. The Balaban J connectivity index is 0.969. The van der Waals surface area contributed by atoms with Crippen LogP contribution in [-0.2, 0) is 20.9 Å². The molecule has 10 nitrogen and oxygen atoms in total. The number of carbonyl (C=O) groups excluding carboxylic acids is 2. The van der Waals surface area contributed by atoms with E-state index in [4.69, 9.17) is 10.5 Å². The number of ether oxygens (including phenoxy) is 1. The molecule has 426 valence electrons. The van der Waals surface area contributed by atoms with E-state index < -0.39 is 28.1 Å². The van der Waals surface area contributed by atoms with Gasteiger partial charge in [0.2, 0.25) is 0 Å². The number of nitrogen functional groups attached to an aromatic ring is 1. The van der Waals surface area contributed by atoms with Crippen LogP contribution in [0.5, 0.6) is 5.75 Å². The Kier molecular flexibility index (Phi) is 13.7. The second-order valence-corrected chi connectivity index (χ2v) is 29.7. The zero-order valence-electron chi connectivity index (χ0n) is 48.2. The number of phenolic OH excluding ortho intramolecular Hbond substituents is 1. The fraction of sp³-hybridized carbons (Fsp3) is 0.765. The molecule has 20 atom stereocenters. The number of benzene rings is 2. The van der Waals surface area contributed by atoms with Crippen LogP contribution < -0.4 is 16.4 Å². The second kappa shape index (κ2) is 19.8. The zero-order chi connectivity index (χ0) is 54.3. The van der Waals surface area contributed by atoms with Gasteiger partial charge < -0.3 is 41.5 Å². The number of anilines is 1. The number of nitrogens with one attached hydrogen (secondary N) is 2. The number of aliphatic hydroxyl groups is 3. The number of aliphatic hydroxyl groups excluding tert-OH is 2. The summed E-state index contributed by atoms with van der Waals surface area (Å²) < 4.78 is 6.87. The van der Waals surface area contributed by atoms with Crippen molar-refractivity contribution in [1.29, 1.82) is 0 Å². The van der Waals surface area contributed by atoms with Gasteiger partial charge in [-0.3, -0.25) is 9.59 Å². The lowest BCUT2D eigenvalue weighted by Crippen LogP contribution is -2.75. The van der Waals surface area contributed by atoms with E-state index >= 15 is 9.59 Å². The Morgan fingerprint density at radius 1 is 0.846 bits per heavy atom. The first-order chi connectivity index (χ1) is 37.4. The van der Waals surface area contributed by atoms with Crippen LogP contribution in [0.15, 0.2) is 53.6 Å². The number of epoxide rings is 1. The Hall–Kier alpha value is -3.12. The summed E-state index contributed by atoms with van der Waals surface area (Å²) in [5, 5.41) is 55.3. The third-order valence-electron chi connectivity index (χ3n) is 26.2. The van der Waals surface area contributed by atoms with Crippen LogP contribution in [-0.4, -0.2) is 81.6 Å².